The van der Waals surface area contributed by atoms with Crippen LogP contribution in [-0.2, 0) is 10.0 Å². The summed E-state index contributed by atoms with van der Waals surface area (Å²) in [5.74, 6) is 3.85. The first kappa shape index (κ1) is 10.5. The first-order valence-corrected chi connectivity index (χ1v) is 4.93. The Kier molecular flexibility index (Phi) is 2.77. The van der Waals surface area contributed by atoms with Crippen LogP contribution in [0, 0.1) is 5.82 Å². The van der Waals surface area contributed by atoms with Crippen molar-refractivity contribution in [2.45, 2.75) is 4.90 Å². The molecule has 1 aromatic carbocycles. The lowest BCUT2D eigenvalue weighted by molar-refractivity contribution is 0.592. The zero-order valence-corrected chi connectivity index (χ0v) is 7.70. The number of rotatable bonds is 2. The molecule has 0 radical (unpaired) electrons. The van der Waals surface area contributed by atoms with Gasteiger partial charge in [0.15, 0.2) is 5.82 Å². The average Bonchev–Trinajstić information content (AvgIpc) is 2.07. The minimum Gasteiger partial charge on any atom is -0.305 e. The molecule has 0 heterocycles. The summed E-state index contributed by atoms with van der Waals surface area (Å²) in [7, 11) is -3.90. The summed E-state index contributed by atoms with van der Waals surface area (Å²) < 4.78 is 34.6. The van der Waals surface area contributed by atoms with Crippen LogP contribution >= 0.6 is 0 Å². The van der Waals surface area contributed by atoms with Crippen LogP contribution in [0.1, 0.15) is 0 Å². The van der Waals surface area contributed by atoms with Gasteiger partial charge in [0, 0.05) is 0 Å². The van der Waals surface area contributed by atoms with Gasteiger partial charge in [-0.3, -0.25) is 0 Å². The maximum absolute atomic E-state index is 13.0. The summed E-state index contributed by atoms with van der Waals surface area (Å²) in [6.07, 6.45) is 0. The predicted octanol–water partition coefficient (Wildman–Crippen LogP) is 0.431. The van der Waals surface area contributed by atoms with Crippen molar-refractivity contribution >= 4 is 15.7 Å². The maximum atomic E-state index is 13.0. The molecule has 0 unspecified atom stereocenters. The Morgan fingerprint density at radius 2 is 2.00 bits per heavy atom. The van der Waals surface area contributed by atoms with Crippen molar-refractivity contribution in [3.63, 3.8) is 0 Å². The number of halogens is 1. The fraction of sp³-hybridized carbons (Fsp3) is 0. The van der Waals surface area contributed by atoms with Crippen LogP contribution in [0.3, 0.4) is 0 Å². The largest absolute Gasteiger partial charge is 0.305 e. The number of benzene rings is 1. The van der Waals surface area contributed by atoms with Crippen molar-refractivity contribution in [1.82, 2.24) is 0 Å². The molecule has 0 aliphatic heterocycles. The van der Waals surface area contributed by atoms with Gasteiger partial charge in [-0.25, -0.2) is 17.9 Å². The third kappa shape index (κ3) is 2.24. The van der Waals surface area contributed by atoms with E-state index >= 15 is 0 Å². The molecular formula is C6H7FN4O2S. The van der Waals surface area contributed by atoms with Crippen molar-refractivity contribution in [2.75, 3.05) is 0 Å². The third-order valence-electron chi connectivity index (χ3n) is 1.41. The van der Waals surface area contributed by atoms with Crippen LogP contribution < -0.4 is 11.0 Å². The van der Waals surface area contributed by atoms with Crippen molar-refractivity contribution < 1.29 is 12.8 Å². The number of hydrogen-bond acceptors (Lipinski definition) is 4. The number of hydrogen-bond donors (Lipinski definition) is 2. The molecule has 0 atom stereocenters. The second-order valence-corrected chi connectivity index (χ2v) is 3.94. The zero-order chi connectivity index (χ0) is 10.8. The Hall–Kier alpha value is -1.54. The minimum absolute atomic E-state index is 0.153. The van der Waals surface area contributed by atoms with Crippen molar-refractivity contribution in [2.24, 2.45) is 21.3 Å². The molecule has 0 spiro atoms. The molecule has 0 saturated heterocycles. The fourth-order valence-corrected chi connectivity index (χ4v) is 1.33. The van der Waals surface area contributed by atoms with Gasteiger partial charge in [-0.2, -0.15) is 0 Å². The third-order valence-corrected chi connectivity index (χ3v) is 2.32. The monoisotopic (exact) mass is 218 g/mol. The second-order valence-electron chi connectivity index (χ2n) is 2.37. The summed E-state index contributed by atoms with van der Waals surface area (Å²) >= 11 is 0. The quantitative estimate of drug-likeness (QED) is 0.426. The lowest BCUT2D eigenvalue weighted by Gasteiger charge is -1.99. The Balaban J connectivity index is 3.27. The molecular weight excluding hydrogens is 211 g/mol. The van der Waals surface area contributed by atoms with E-state index in [1.165, 1.54) is 0 Å². The van der Waals surface area contributed by atoms with Crippen LogP contribution in [0.2, 0.25) is 0 Å². The summed E-state index contributed by atoms with van der Waals surface area (Å²) in [6.45, 7) is 0. The first-order valence-electron chi connectivity index (χ1n) is 3.38. The summed E-state index contributed by atoms with van der Waals surface area (Å²) in [5.41, 5.74) is -0.153. The molecule has 0 aliphatic carbocycles. The second kappa shape index (κ2) is 3.68. The number of nitrogens with zero attached hydrogens (tertiary/aromatic N) is 2. The predicted molar refractivity (Wildman–Crippen MR) is 46.5 cm³/mol. The van der Waals surface area contributed by atoms with Crippen molar-refractivity contribution in [1.29, 1.82) is 0 Å². The Morgan fingerprint density at radius 1 is 1.36 bits per heavy atom. The number of primary sulfonamides is 1. The Morgan fingerprint density at radius 3 is 2.43 bits per heavy atom. The highest BCUT2D eigenvalue weighted by molar-refractivity contribution is 7.89. The van der Waals surface area contributed by atoms with E-state index in [4.69, 9.17) is 11.0 Å². The lowest BCUT2D eigenvalue weighted by Crippen LogP contribution is -2.12. The fourth-order valence-electron chi connectivity index (χ4n) is 0.808. The standard InChI is InChI=1S/C6H7FN4O2S/c7-5-3-4(14(9,12)13)1-2-6(5)10-11-8/h1-3H,(H2,8,10)(H2,9,12,13). The van der Waals surface area contributed by atoms with E-state index < -0.39 is 15.8 Å². The first-order chi connectivity index (χ1) is 6.45. The topological polar surface area (TPSA) is 111 Å². The number of sulfonamides is 1. The molecule has 1 aromatic rings. The Labute approximate surface area is 79.5 Å². The van der Waals surface area contributed by atoms with Gasteiger partial charge < -0.3 is 5.84 Å². The van der Waals surface area contributed by atoms with E-state index in [9.17, 15) is 12.8 Å². The molecule has 0 saturated carbocycles. The highest BCUT2D eigenvalue weighted by Gasteiger charge is 2.10. The smallest absolute Gasteiger partial charge is 0.238 e. The molecule has 0 fully saturated rings. The SMILES string of the molecule is N/N=N/c1ccc(S(N)(=O)=O)cc1F. The van der Waals surface area contributed by atoms with Gasteiger partial charge >= 0.3 is 0 Å². The van der Waals surface area contributed by atoms with E-state index in [0.717, 1.165) is 18.2 Å². The van der Waals surface area contributed by atoms with Gasteiger partial charge in [0.1, 0.15) is 5.69 Å². The number of nitrogens with two attached hydrogens (primary N) is 2. The van der Waals surface area contributed by atoms with Crippen molar-refractivity contribution in [3.8, 4) is 0 Å². The van der Waals surface area contributed by atoms with Crippen LogP contribution in [-0.4, -0.2) is 8.42 Å². The van der Waals surface area contributed by atoms with Gasteiger partial charge in [-0.05, 0) is 18.2 Å². The molecule has 0 amide bonds. The van der Waals surface area contributed by atoms with Crippen molar-refractivity contribution in [3.05, 3.63) is 24.0 Å². The molecule has 0 aromatic heterocycles. The highest BCUT2D eigenvalue weighted by atomic mass is 32.2. The Bertz CT molecular complexity index is 471. The minimum atomic E-state index is -3.90. The van der Waals surface area contributed by atoms with Crippen LogP contribution in [0.5, 0.6) is 0 Å². The van der Waals surface area contributed by atoms with Crippen LogP contribution in [0.4, 0.5) is 10.1 Å². The molecule has 14 heavy (non-hydrogen) atoms. The van der Waals surface area contributed by atoms with E-state index in [1.807, 2.05) is 0 Å². The molecule has 6 nitrogen and oxygen atoms in total. The molecule has 4 N–H and O–H groups in total. The summed E-state index contributed by atoms with van der Waals surface area (Å²) in [4.78, 5) is -0.328. The van der Waals surface area contributed by atoms with E-state index in [-0.39, 0.29) is 10.6 Å². The van der Waals surface area contributed by atoms with Gasteiger partial charge in [0.2, 0.25) is 10.0 Å². The van der Waals surface area contributed by atoms with Gasteiger partial charge in [-0.1, -0.05) is 5.22 Å². The normalized spacial score (nSPS) is 12.1. The maximum Gasteiger partial charge on any atom is 0.238 e. The van der Waals surface area contributed by atoms with Gasteiger partial charge in [-0.15, -0.1) is 5.11 Å². The van der Waals surface area contributed by atoms with E-state index in [1.54, 1.807) is 0 Å². The molecule has 76 valence electrons. The highest BCUT2D eigenvalue weighted by Crippen LogP contribution is 2.20. The summed E-state index contributed by atoms with van der Waals surface area (Å²) in [5, 5.41) is 10.9. The summed E-state index contributed by atoms with van der Waals surface area (Å²) in [6, 6.07) is 2.98. The molecule has 1 rings (SSSR count). The van der Waals surface area contributed by atoms with Gasteiger partial charge in [0.05, 0.1) is 4.90 Å². The van der Waals surface area contributed by atoms with E-state index in [0.29, 0.717) is 0 Å². The van der Waals surface area contributed by atoms with Crippen LogP contribution in [0.25, 0.3) is 0 Å². The average molecular weight is 218 g/mol. The van der Waals surface area contributed by atoms with Gasteiger partial charge in [0.25, 0.3) is 0 Å². The van der Waals surface area contributed by atoms with E-state index in [2.05, 4.69) is 10.3 Å². The lowest BCUT2D eigenvalue weighted by atomic mass is 10.3. The van der Waals surface area contributed by atoms with Crippen LogP contribution in [0.15, 0.2) is 33.4 Å². The molecule has 8 heteroatoms. The molecule has 0 aliphatic rings. The zero-order valence-electron chi connectivity index (χ0n) is 6.88. The molecule has 0 bridgehead atoms.